The van der Waals surface area contributed by atoms with Crippen LogP contribution in [-0.4, -0.2) is 75.1 Å². The van der Waals surface area contributed by atoms with Crippen LogP contribution >= 0.6 is 16.3 Å². The van der Waals surface area contributed by atoms with Gasteiger partial charge in [0.15, 0.2) is 0 Å². The molecule has 24 heteroatoms. The molecular weight excluding hydrogens is 636 g/mol. The summed E-state index contributed by atoms with van der Waals surface area (Å²) in [5.41, 5.74) is 5.88. The molecular formula is C20H25N9O13P2. The summed E-state index contributed by atoms with van der Waals surface area (Å²) >= 11 is 0. The van der Waals surface area contributed by atoms with Crippen molar-refractivity contribution < 1.29 is 57.0 Å². The second kappa shape index (κ2) is 10.1. The Morgan fingerprint density at radius 1 is 1.14 bits per heavy atom. The van der Waals surface area contributed by atoms with E-state index in [0.717, 1.165) is 10.9 Å². The van der Waals surface area contributed by atoms with E-state index in [1.165, 1.54) is 11.1 Å². The fraction of sp³-hybridized carbons (Fsp3) is 0.250. The molecule has 0 radical (unpaired) electrons. The van der Waals surface area contributed by atoms with Gasteiger partial charge in [-0.15, -0.1) is 0 Å². The number of nitrogens with zero attached hydrogens (tertiary/aromatic N) is 4. The molecule has 0 spiro atoms. The summed E-state index contributed by atoms with van der Waals surface area (Å²) in [6, 6.07) is 0. The first-order chi connectivity index (χ1) is 20.9. The van der Waals surface area contributed by atoms with E-state index in [1.807, 2.05) is 0 Å². The number of fused-ring (bicyclic) bond motifs is 5. The van der Waals surface area contributed by atoms with Crippen LogP contribution in [0.5, 0.6) is 11.5 Å². The van der Waals surface area contributed by atoms with Gasteiger partial charge in [0.05, 0.1) is 0 Å². The zero-order valence-electron chi connectivity index (χ0n) is 21.9. The van der Waals surface area contributed by atoms with Crippen molar-refractivity contribution >= 4 is 39.1 Å². The zero-order valence-corrected chi connectivity index (χ0v) is 23.9. The van der Waals surface area contributed by atoms with Crippen molar-refractivity contribution in [3.8, 4) is 11.5 Å². The summed E-state index contributed by atoms with van der Waals surface area (Å²) in [6.45, 7) is -0.498. The Kier molecular flexibility index (Phi) is 6.51. The number of furan rings is 1. The third-order valence-corrected chi connectivity index (χ3v) is 8.67. The fourth-order valence-corrected chi connectivity index (χ4v) is 6.46. The topological polar surface area (TPSA) is 310 Å². The third-order valence-electron chi connectivity index (χ3n) is 6.77. The molecule has 0 amide bonds. The Morgan fingerprint density at radius 3 is 2.77 bits per heavy atom. The van der Waals surface area contributed by atoms with Crippen molar-refractivity contribution in [1.82, 2.24) is 35.7 Å². The van der Waals surface area contributed by atoms with Crippen molar-refractivity contribution in [3.63, 3.8) is 0 Å². The molecule has 1 unspecified atom stereocenters. The number of hydrogen-bond acceptors (Lipinski definition) is 20. The second-order valence-corrected chi connectivity index (χ2v) is 12.7. The minimum absolute atomic E-state index is 0.0726. The van der Waals surface area contributed by atoms with Gasteiger partial charge in [-0.1, -0.05) is 0 Å². The van der Waals surface area contributed by atoms with Crippen molar-refractivity contribution in [3.05, 3.63) is 57.9 Å². The number of aliphatic hydroxyl groups excluding tert-OH is 1. The average molecular weight is 661 g/mol. The predicted octanol–water partition coefficient (Wildman–Crippen LogP) is -2.82. The Bertz CT molecular complexity index is 1820. The first kappa shape index (κ1) is 28.4. The number of hydrogen-bond donors (Lipinski definition) is 11. The molecule has 7 heterocycles. The van der Waals surface area contributed by atoms with E-state index in [1.54, 1.807) is 0 Å². The van der Waals surface area contributed by atoms with Crippen LogP contribution in [0.3, 0.4) is 0 Å². The van der Waals surface area contributed by atoms with Gasteiger partial charge in [0, 0.05) is 0 Å². The Balaban J connectivity index is 1.27. The van der Waals surface area contributed by atoms with Crippen molar-refractivity contribution in [2.45, 2.75) is 18.9 Å². The molecule has 7 rings (SSSR count). The first-order valence-electron chi connectivity index (χ1n) is 12.5. The van der Waals surface area contributed by atoms with Crippen molar-refractivity contribution in [2.24, 2.45) is 5.73 Å². The van der Waals surface area contributed by atoms with E-state index in [-0.39, 0.29) is 30.3 Å². The van der Waals surface area contributed by atoms with E-state index in [9.17, 15) is 34.6 Å². The van der Waals surface area contributed by atoms with Gasteiger partial charge in [0.1, 0.15) is 0 Å². The van der Waals surface area contributed by atoms with Crippen LogP contribution in [0.2, 0.25) is 0 Å². The number of aromatic amines is 1. The van der Waals surface area contributed by atoms with Crippen molar-refractivity contribution in [2.75, 3.05) is 18.2 Å². The molecule has 22 nitrogen and oxygen atoms in total. The molecule has 44 heavy (non-hydrogen) atoms. The van der Waals surface area contributed by atoms with E-state index in [4.69, 9.17) is 33.0 Å². The van der Waals surface area contributed by atoms with Crippen LogP contribution < -0.4 is 36.7 Å². The van der Waals surface area contributed by atoms with Crippen molar-refractivity contribution in [1.29, 1.82) is 0 Å². The molecule has 4 aliphatic heterocycles. The van der Waals surface area contributed by atoms with Gasteiger partial charge in [0.25, 0.3) is 0 Å². The average Bonchev–Trinajstić information content (AvgIpc) is 3.73. The molecule has 2 bridgehead atoms. The summed E-state index contributed by atoms with van der Waals surface area (Å²) in [6.07, 6.45) is 0.400. The van der Waals surface area contributed by atoms with Gasteiger partial charge >= 0.3 is 244 Å². The molecule has 238 valence electrons. The van der Waals surface area contributed by atoms with Gasteiger partial charge < -0.3 is 0 Å². The van der Waals surface area contributed by atoms with Crippen LogP contribution in [-0.2, 0) is 24.9 Å². The van der Waals surface area contributed by atoms with E-state index >= 15 is 0 Å². The Hall–Kier alpha value is -4.37. The molecule has 2 atom stereocenters. The second-order valence-electron chi connectivity index (χ2n) is 9.55. The third kappa shape index (κ3) is 4.70. The number of anilines is 1. The van der Waals surface area contributed by atoms with E-state index < -0.39 is 75.4 Å². The molecule has 1 saturated heterocycles. The minimum atomic E-state index is -5.26. The summed E-state index contributed by atoms with van der Waals surface area (Å²) < 4.78 is 33.3. The van der Waals surface area contributed by atoms with E-state index in [0.29, 0.717) is 17.8 Å². The number of imidazole rings is 1. The molecule has 0 aromatic carbocycles. The molecule has 0 aliphatic carbocycles. The molecule has 3 aromatic heterocycles. The van der Waals surface area contributed by atoms with Gasteiger partial charge in [-0.3, -0.25) is 0 Å². The number of ether oxygens (including phenoxy) is 1. The molecule has 1 fully saturated rings. The SMILES string of the molecule is NC1=C2NCN(c3oc4c(c3O)O[PH](O)(O)O/C=C3/OC(n5cnc6c(=O)[nH]ncc65)=C(O[PH](O)(O)OC4)[C@@H]3O)C2NCN1. The number of aromatic nitrogens is 4. The van der Waals surface area contributed by atoms with Crippen LogP contribution in [0.15, 0.2) is 51.0 Å². The molecule has 3 aromatic rings. The summed E-state index contributed by atoms with van der Waals surface area (Å²) in [5, 5.41) is 36.9. The number of aromatic hydroxyl groups is 1. The quantitative estimate of drug-likeness (QED) is 0.123. The van der Waals surface area contributed by atoms with Crippen LogP contribution in [0.1, 0.15) is 5.76 Å². The Morgan fingerprint density at radius 2 is 1.95 bits per heavy atom. The van der Waals surface area contributed by atoms with Gasteiger partial charge in [0.2, 0.25) is 0 Å². The zero-order chi connectivity index (χ0) is 31.0. The van der Waals surface area contributed by atoms with Gasteiger partial charge in [-0.2, -0.15) is 0 Å². The number of H-pyrrole nitrogens is 1. The number of nitrogens with two attached hydrogens (primary N) is 1. The number of nitrogens with one attached hydrogen (secondary N) is 4. The molecule has 0 saturated carbocycles. The first-order valence-corrected chi connectivity index (χ1v) is 16.0. The summed E-state index contributed by atoms with van der Waals surface area (Å²) in [5.74, 6) is -3.22. The van der Waals surface area contributed by atoms with Crippen LogP contribution in [0.25, 0.3) is 16.9 Å². The predicted molar refractivity (Wildman–Crippen MR) is 147 cm³/mol. The number of rotatable bonds is 2. The summed E-state index contributed by atoms with van der Waals surface area (Å²) in [4.78, 5) is 60.4. The van der Waals surface area contributed by atoms with Gasteiger partial charge in [-0.25, -0.2) is 0 Å². The molecule has 4 aliphatic rings. The van der Waals surface area contributed by atoms with Crippen LogP contribution in [0.4, 0.5) is 5.88 Å². The molecule has 12 N–H and O–H groups in total. The monoisotopic (exact) mass is 661 g/mol. The standard InChI is InChI=1S/C20H25N9O13P2/c21-16-11-17(23-4-22-16)29(6-25-11)19-13(31)14-9(40-19)3-38-44(35,36)42-15-12(30)8(2-37-43(33,34)41-14)39-20(15)28-5-24-10-7(28)1-26-27-18(10)32/h1-2,5,12,17,22-23,25,30-31,33-36,43-44H,3-4,6,21H2,(H,27,32)/b8-2+/t12-,17?/m1/s1. The number of aliphatic hydroxyl groups is 1. The fourth-order valence-electron chi connectivity index (χ4n) is 4.80. The maximum atomic E-state index is 12.1. The Labute approximate surface area is 244 Å². The summed E-state index contributed by atoms with van der Waals surface area (Å²) in [7, 11) is -10.5. The maximum absolute atomic E-state index is 12.1. The van der Waals surface area contributed by atoms with Gasteiger partial charge in [-0.05, 0) is 0 Å². The van der Waals surface area contributed by atoms with E-state index in [2.05, 4.69) is 31.1 Å². The normalized spacial score (nSPS) is 26.9. The van der Waals surface area contributed by atoms with Crippen LogP contribution in [0, 0.1) is 0 Å².